The highest BCUT2D eigenvalue weighted by atomic mass is 32.2. The fourth-order valence-corrected chi connectivity index (χ4v) is 1.29. The molecule has 0 spiro atoms. The van der Waals surface area contributed by atoms with Gasteiger partial charge in [0.05, 0.1) is 0 Å². The van der Waals surface area contributed by atoms with Gasteiger partial charge in [-0.25, -0.2) is 0 Å². The van der Waals surface area contributed by atoms with Gasteiger partial charge in [-0.05, 0) is 24.5 Å². The molecule has 0 atom stereocenters. The van der Waals surface area contributed by atoms with Crippen molar-refractivity contribution in [1.82, 2.24) is 0 Å². The molecule has 0 aromatic carbocycles. The average Bonchev–Trinajstić information content (AvgIpc) is 2.03. The number of thioether (sulfide) groups is 1. The standard InChI is InChI=1S/C10H19S/c1-3-4-5-6-7-8-9-10-11-2/h9-10H,1,3-8H2,2H3. The first-order chi connectivity index (χ1) is 5.41. The molecule has 0 amide bonds. The molecule has 0 aliphatic heterocycles. The monoisotopic (exact) mass is 171 g/mol. The van der Waals surface area contributed by atoms with Gasteiger partial charge in [0, 0.05) is 0 Å². The second kappa shape index (κ2) is 10.1. The summed E-state index contributed by atoms with van der Waals surface area (Å²) in [6.07, 6.45) is 12.1. The first-order valence-electron chi connectivity index (χ1n) is 4.39. The molecule has 0 unspecified atom stereocenters. The van der Waals surface area contributed by atoms with Crippen LogP contribution in [0.15, 0.2) is 11.5 Å². The first-order valence-corrected chi connectivity index (χ1v) is 5.67. The van der Waals surface area contributed by atoms with E-state index in [2.05, 4.69) is 24.7 Å². The van der Waals surface area contributed by atoms with Crippen molar-refractivity contribution in [2.75, 3.05) is 6.26 Å². The molecule has 0 fully saturated rings. The molecule has 0 rings (SSSR count). The highest BCUT2D eigenvalue weighted by Gasteiger charge is 1.85. The lowest BCUT2D eigenvalue weighted by molar-refractivity contribution is 0.652. The van der Waals surface area contributed by atoms with Crippen molar-refractivity contribution >= 4 is 11.8 Å². The maximum atomic E-state index is 3.82. The second-order valence-electron chi connectivity index (χ2n) is 2.66. The molecular weight excluding hydrogens is 152 g/mol. The molecule has 0 saturated carbocycles. The van der Waals surface area contributed by atoms with E-state index >= 15 is 0 Å². The number of allylic oxidation sites excluding steroid dienone is 1. The smallest absolute Gasteiger partial charge is 0.0142 e. The molecule has 65 valence electrons. The van der Waals surface area contributed by atoms with Crippen molar-refractivity contribution in [2.24, 2.45) is 0 Å². The van der Waals surface area contributed by atoms with Gasteiger partial charge in [-0.15, -0.1) is 11.8 Å². The summed E-state index contributed by atoms with van der Waals surface area (Å²) in [6.45, 7) is 3.82. The third-order valence-electron chi connectivity index (χ3n) is 1.60. The van der Waals surface area contributed by atoms with Crippen LogP contribution in [0.2, 0.25) is 0 Å². The summed E-state index contributed by atoms with van der Waals surface area (Å²) in [4.78, 5) is 0. The molecule has 0 bridgehead atoms. The van der Waals surface area contributed by atoms with Crippen LogP contribution in [-0.2, 0) is 0 Å². The molecular formula is C10H19S. The Labute approximate surface area is 75.5 Å². The van der Waals surface area contributed by atoms with E-state index in [9.17, 15) is 0 Å². The predicted molar refractivity (Wildman–Crippen MR) is 55.7 cm³/mol. The first kappa shape index (κ1) is 11.1. The highest BCUT2D eigenvalue weighted by molar-refractivity contribution is 8.01. The van der Waals surface area contributed by atoms with E-state index in [1.165, 1.54) is 32.1 Å². The fraction of sp³-hybridized carbons (Fsp3) is 0.700. The Kier molecular flexibility index (Phi) is 10.2. The molecule has 0 nitrogen and oxygen atoms in total. The van der Waals surface area contributed by atoms with E-state index < -0.39 is 0 Å². The fourth-order valence-electron chi connectivity index (χ4n) is 0.957. The number of rotatable bonds is 7. The molecule has 0 heterocycles. The summed E-state index contributed by atoms with van der Waals surface area (Å²) in [7, 11) is 0. The lowest BCUT2D eigenvalue weighted by Crippen LogP contribution is -1.75. The predicted octanol–water partition coefficient (Wildman–Crippen LogP) is 4.04. The molecule has 0 aromatic heterocycles. The average molecular weight is 171 g/mol. The van der Waals surface area contributed by atoms with Crippen LogP contribution >= 0.6 is 11.8 Å². The minimum Gasteiger partial charge on any atom is -0.138 e. The van der Waals surface area contributed by atoms with Crippen LogP contribution < -0.4 is 0 Å². The van der Waals surface area contributed by atoms with Crippen molar-refractivity contribution in [3.8, 4) is 0 Å². The molecule has 1 heteroatoms. The van der Waals surface area contributed by atoms with Crippen LogP contribution in [0.4, 0.5) is 0 Å². The van der Waals surface area contributed by atoms with E-state index in [1.54, 1.807) is 11.8 Å². The van der Waals surface area contributed by atoms with Crippen LogP contribution in [0.5, 0.6) is 0 Å². The van der Waals surface area contributed by atoms with Gasteiger partial charge in [0.2, 0.25) is 0 Å². The van der Waals surface area contributed by atoms with Gasteiger partial charge in [-0.2, -0.15) is 0 Å². The molecule has 0 saturated heterocycles. The van der Waals surface area contributed by atoms with E-state index in [4.69, 9.17) is 0 Å². The minimum atomic E-state index is 1.10. The summed E-state index contributed by atoms with van der Waals surface area (Å²) in [5.74, 6) is 0. The van der Waals surface area contributed by atoms with Gasteiger partial charge in [0.1, 0.15) is 0 Å². The third kappa shape index (κ3) is 10.1. The zero-order chi connectivity index (χ0) is 8.36. The Bertz CT molecular complexity index is 86.9. The number of hydrogen-bond acceptors (Lipinski definition) is 1. The summed E-state index contributed by atoms with van der Waals surface area (Å²) in [5, 5.41) is 2.17. The van der Waals surface area contributed by atoms with E-state index in [-0.39, 0.29) is 0 Å². The SMILES string of the molecule is [CH2]CCCCCCC=CSC. The van der Waals surface area contributed by atoms with Crippen LogP contribution in [0, 0.1) is 6.92 Å². The lowest BCUT2D eigenvalue weighted by atomic mass is 10.1. The highest BCUT2D eigenvalue weighted by Crippen LogP contribution is 2.06. The van der Waals surface area contributed by atoms with Gasteiger partial charge in [-0.1, -0.05) is 38.7 Å². The molecule has 0 aliphatic carbocycles. The maximum Gasteiger partial charge on any atom is -0.0142 e. The Morgan fingerprint density at radius 2 is 1.91 bits per heavy atom. The van der Waals surface area contributed by atoms with Gasteiger partial charge in [-0.3, -0.25) is 0 Å². The zero-order valence-electron chi connectivity index (χ0n) is 7.51. The zero-order valence-corrected chi connectivity index (χ0v) is 8.33. The van der Waals surface area contributed by atoms with Crippen LogP contribution in [0.25, 0.3) is 0 Å². The summed E-state index contributed by atoms with van der Waals surface area (Å²) in [6, 6.07) is 0. The lowest BCUT2D eigenvalue weighted by Gasteiger charge is -1.95. The number of unbranched alkanes of at least 4 members (excludes halogenated alkanes) is 5. The summed E-state index contributed by atoms with van der Waals surface area (Å²) in [5.41, 5.74) is 0. The molecule has 0 N–H and O–H groups in total. The molecule has 11 heavy (non-hydrogen) atoms. The third-order valence-corrected chi connectivity index (χ3v) is 2.07. The van der Waals surface area contributed by atoms with Gasteiger partial charge in [0.15, 0.2) is 0 Å². The van der Waals surface area contributed by atoms with Crippen LogP contribution in [0.3, 0.4) is 0 Å². The Morgan fingerprint density at radius 1 is 1.18 bits per heavy atom. The quantitative estimate of drug-likeness (QED) is 0.521. The van der Waals surface area contributed by atoms with E-state index in [0.29, 0.717) is 0 Å². The largest absolute Gasteiger partial charge is 0.138 e. The molecule has 0 aromatic rings. The minimum absolute atomic E-state index is 1.10. The van der Waals surface area contributed by atoms with Gasteiger partial charge in [0.25, 0.3) is 0 Å². The normalized spacial score (nSPS) is 11.1. The van der Waals surface area contributed by atoms with E-state index in [1.807, 2.05) is 0 Å². The molecule has 1 radical (unpaired) electrons. The van der Waals surface area contributed by atoms with Crippen molar-refractivity contribution in [1.29, 1.82) is 0 Å². The number of hydrogen-bond donors (Lipinski definition) is 0. The molecule has 0 aliphatic rings. The van der Waals surface area contributed by atoms with Gasteiger partial charge >= 0.3 is 0 Å². The van der Waals surface area contributed by atoms with Crippen molar-refractivity contribution < 1.29 is 0 Å². The Balaban J connectivity index is 2.85. The summed E-state index contributed by atoms with van der Waals surface area (Å²) >= 11 is 1.78. The van der Waals surface area contributed by atoms with E-state index in [0.717, 1.165) is 6.42 Å². The van der Waals surface area contributed by atoms with Gasteiger partial charge < -0.3 is 0 Å². The Morgan fingerprint density at radius 3 is 2.55 bits per heavy atom. The topological polar surface area (TPSA) is 0 Å². The van der Waals surface area contributed by atoms with Crippen LogP contribution in [-0.4, -0.2) is 6.26 Å². The maximum absolute atomic E-state index is 3.82. The van der Waals surface area contributed by atoms with Crippen molar-refractivity contribution in [3.63, 3.8) is 0 Å². The Hall–Kier alpha value is 0.0900. The van der Waals surface area contributed by atoms with Crippen molar-refractivity contribution in [2.45, 2.75) is 38.5 Å². The van der Waals surface area contributed by atoms with Crippen LogP contribution in [0.1, 0.15) is 38.5 Å². The second-order valence-corrected chi connectivity index (χ2v) is 3.41. The summed E-state index contributed by atoms with van der Waals surface area (Å²) < 4.78 is 0. The van der Waals surface area contributed by atoms with Crippen molar-refractivity contribution in [3.05, 3.63) is 18.4 Å².